The van der Waals surface area contributed by atoms with E-state index in [-0.39, 0.29) is 11.9 Å². The summed E-state index contributed by atoms with van der Waals surface area (Å²) in [5.74, 6) is -0.223. The van der Waals surface area contributed by atoms with Crippen LogP contribution in [0.25, 0.3) is 0 Å². The fourth-order valence-electron chi connectivity index (χ4n) is 1.92. The van der Waals surface area contributed by atoms with Crippen LogP contribution in [0.4, 0.5) is 4.39 Å². The minimum atomic E-state index is -0.223. The lowest BCUT2D eigenvalue weighted by molar-refractivity contribution is 0.621. The fraction of sp³-hybridized carbons (Fsp3) is 0.200. The summed E-state index contributed by atoms with van der Waals surface area (Å²) in [6.07, 6.45) is 0.616. The van der Waals surface area contributed by atoms with E-state index in [1.54, 1.807) is 12.1 Å². The van der Waals surface area contributed by atoms with Gasteiger partial charge in [-0.1, -0.05) is 29.8 Å². The average Bonchev–Trinajstić information content (AvgIpc) is 2.34. The second-order valence-electron chi connectivity index (χ2n) is 4.43. The van der Waals surface area contributed by atoms with Crippen LogP contribution in [-0.2, 0) is 6.42 Å². The topological polar surface area (TPSA) is 26.0 Å². The van der Waals surface area contributed by atoms with Crippen LogP contribution in [0.2, 0.25) is 5.02 Å². The van der Waals surface area contributed by atoms with Crippen molar-refractivity contribution < 1.29 is 4.39 Å². The van der Waals surface area contributed by atoms with Crippen LogP contribution in [0.1, 0.15) is 22.7 Å². The van der Waals surface area contributed by atoms with Crippen LogP contribution in [0.5, 0.6) is 0 Å². The number of nitrogens with two attached hydrogens (primary N) is 1. The Balaban J connectivity index is 2.18. The molecule has 0 aliphatic rings. The van der Waals surface area contributed by atoms with Gasteiger partial charge in [0.2, 0.25) is 0 Å². The lowest BCUT2D eigenvalue weighted by atomic mass is 9.97. The molecule has 0 radical (unpaired) electrons. The first-order valence-corrected chi connectivity index (χ1v) is 6.20. The van der Waals surface area contributed by atoms with E-state index in [1.165, 1.54) is 6.07 Å². The van der Waals surface area contributed by atoms with Gasteiger partial charge >= 0.3 is 0 Å². The van der Waals surface area contributed by atoms with Gasteiger partial charge in [-0.3, -0.25) is 0 Å². The Hall–Kier alpha value is -1.38. The van der Waals surface area contributed by atoms with Gasteiger partial charge in [0.05, 0.1) is 0 Å². The highest BCUT2D eigenvalue weighted by Gasteiger charge is 2.09. The third-order valence-corrected chi connectivity index (χ3v) is 3.30. The van der Waals surface area contributed by atoms with Crippen molar-refractivity contribution in [3.05, 3.63) is 70.0 Å². The van der Waals surface area contributed by atoms with Gasteiger partial charge in [0.15, 0.2) is 0 Å². The van der Waals surface area contributed by atoms with Crippen molar-refractivity contribution in [2.24, 2.45) is 5.73 Å². The van der Waals surface area contributed by atoms with E-state index in [9.17, 15) is 4.39 Å². The molecule has 0 amide bonds. The van der Waals surface area contributed by atoms with Gasteiger partial charge < -0.3 is 5.73 Å². The summed E-state index contributed by atoms with van der Waals surface area (Å²) in [4.78, 5) is 0. The lowest BCUT2D eigenvalue weighted by Gasteiger charge is -2.14. The molecule has 0 saturated heterocycles. The lowest BCUT2D eigenvalue weighted by Crippen LogP contribution is -2.14. The van der Waals surface area contributed by atoms with Crippen molar-refractivity contribution in [1.82, 2.24) is 0 Å². The molecule has 0 heterocycles. The third kappa shape index (κ3) is 3.09. The maximum Gasteiger partial charge on any atom is 0.123 e. The Bertz CT molecular complexity index is 537. The zero-order chi connectivity index (χ0) is 13.1. The minimum Gasteiger partial charge on any atom is -0.324 e. The zero-order valence-corrected chi connectivity index (χ0v) is 10.9. The van der Waals surface area contributed by atoms with E-state index in [2.05, 4.69) is 0 Å². The van der Waals surface area contributed by atoms with Crippen molar-refractivity contribution in [3.63, 3.8) is 0 Å². The first-order valence-electron chi connectivity index (χ1n) is 5.82. The number of rotatable bonds is 3. The second kappa shape index (κ2) is 5.51. The molecule has 0 aliphatic carbocycles. The molecule has 1 nitrogen and oxygen atoms in total. The Morgan fingerprint density at radius 1 is 1.17 bits per heavy atom. The highest BCUT2D eigenvalue weighted by molar-refractivity contribution is 6.30. The van der Waals surface area contributed by atoms with Crippen molar-refractivity contribution in [2.45, 2.75) is 19.4 Å². The van der Waals surface area contributed by atoms with Crippen molar-refractivity contribution >= 4 is 11.6 Å². The molecule has 2 aromatic carbocycles. The Labute approximate surface area is 111 Å². The molecule has 18 heavy (non-hydrogen) atoms. The van der Waals surface area contributed by atoms with Crippen LogP contribution in [0, 0.1) is 12.7 Å². The van der Waals surface area contributed by atoms with Gasteiger partial charge in [-0.15, -0.1) is 0 Å². The van der Waals surface area contributed by atoms with Gasteiger partial charge in [-0.25, -0.2) is 4.39 Å². The fourth-order valence-corrected chi connectivity index (χ4v) is 2.05. The molecule has 0 aromatic heterocycles. The molecule has 0 saturated carbocycles. The first-order chi connectivity index (χ1) is 8.56. The molecule has 94 valence electrons. The summed E-state index contributed by atoms with van der Waals surface area (Å²) >= 11 is 5.83. The SMILES string of the molecule is Cc1ccc(F)cc1CC(N)c1ccc(Cl)cc1. The van der Waals surface area contributed by atoms with E-state index in [0.29, 0.717) is 11.4 Å². The number of benzene rings is 2. The molecule has 0 bridgehead atoms. The molecule has 0 fully saturated rings. The summed E-state index contributed by atoms with van der Waals surface area (Å²) in [5, 5.41) is 0.688. The zero-order valence-electron chi connectivity index (χ0n) is 10.2. The number of hydrogen-bond acceptors (Lipinski definition) is 1. The van der Waals surface area contributed by atoms with Gasteiger partial charge in [-0.2, -0.15) is 0 Å². The highest BCUT2D eigenvalue weighted by Crippen LogP contribution is 2.20. The van der Waals surface area contributed by atoms with Gasteiger partial charge in [0.25, 0.3) is 0 Å². The van der Waals surface area contributed by atoms with E-state index in [0.717, 1.165) is 16.7 Å². The molecule has 2 N–H and O–H groups in total. The molecule has 2 aromatic rings. The minimum absolute atomic E-state index is 0.150. The van der Waals surface area contributed by atoms with Gasteiger partial charge in [-0.05, 0) is 54.3 Å². The highest BCUT2D eigenvalue weighted by atomic mass is 35.5. The quantitative estimate of drug-likeness (QED) is 0.889. The van der Waals surface area contributed by atoms with E-state index < -0.39 is 0 Å². The van der Waals surface area contributed by atoms with Crippen LogP contribution in [-0.4, -0.2) is 0 Å². The molecule has 0 spiro atoms. The largest absolute Gasteiger partial charge is 0.324 e. The molecular formula is C15H15ClFN. The summed E-state index contributed by atoms with van der Waals surface area (Å²) in [6.45, 7) is 1.96. The Morgan fingerprint density at radius 3 is 2.50 bits per heavy atom. The summed E-state index contributed by atoms with van der Waals surface area (Å²) in [6, 6.07) is 12.1. The molecule has 2 rings (SSSR count). The molecule has 0 aliphatic heterocycles. The number of aryl methyl sites for hydroxylation is 1. The Morgan fingerprint density at radius 2 is 1.83 bits per heavy atom. The standard InChI is InChI=1S/C15H15ClFN/c1-10-2-7-14(17)8-12(10)9-15(18)11-3-5-13(16)6-4-11/h2-8,15H,9,18H2,1H3. The van der Waals surface area contributed by atoms with Gasteiger partial charge in [0.1, 0.15) is 5.82 Å². The monoisotopic (exact) mass is 263 g/mol. The summed E-state index contributed by atoms with van der Waals surface area (Å²) < 4.78 is 13.2. The summed E-state index contributed by atoms with van der Waals surface area (Å²) in [7, 11) is 0. The first kappa shape index (κ1) is 13.1. The maximum atomic E-state index is 13.2. The maximum absolute atomic E-state index is 13.2. The van der Waals surface area contributed by atoms with Crippen LogP contribution in [0.3, 0.4) is 0 Å². The molecule has 1 unspecified atom stereocenters. The second-order valence-corrected chi connectivity index (χ2v) is 4.87. The third-order valence-electron chi connectivity index (χ3n) is 3.05. The predicted octanol–water partition coefficient (Wildman–Crippen LogP) is 4.03. The normalized spacial score (nSPS) is 12.4. The van der Waals surface area contributed by atoms with Crippen LogP contribution < -0.4 is 5.73 Å². The summed E-state index contributed by atoms with van der Waals surface area (Å²) in [5.41, 5.74) is 9.13. The predicted molar refractivity (Wildman–Crippen MR) is 73.2 cm³/mol. The number of halogens is 2. The van der Waals surface area contributed by atoms with Crippen molar-refractivity contribution in [3.8, 4) is 0 Å². The molecule has 3 heteroatoms. The number of hydrogen-bond donors (Lipinski definition) is 1. The molecule has 1 atom stereocenters. The van der Waals surface area contributed by atoms with E-state index >= 15 is 0 Å². The van der Waals surface area contributed by atoms with E-state index in [4.69, 9.17) is 17.3 Å². The van der Waals surface area contributed by atoms with Crippen LogP contribution >= 0.6 is 11.6 Å². The van der Waals surface area contributed by atoms with Crippen LogP contribution in [0.15, 0.2) is 42.5 Å². The average molecular weight is 264 g/mol. The smallest absolute Gasteiger partial charge is 0.123 e. The van der Waals surface area contributed by atoms with Gasteiger partial charge in [0, 0.05) is 11.1 Å². The van der Waals surface area contributed by atoms with Crippen molar-refractivity contribution in [1.29, 1.82) is 0 Å². The Kier molecular flexibility index (Phi) is 4.00. The van der Waals surface area contributed by atoms with E-state index in [1.807, 2.05) is 31.2 Å². The molecular weight excluding hydrogens is 249 g/mol. The van der Waals surface area contributed by atoms with Crippen molar-refractivity contribution in [2.75, 3.05) is 0 Å².